The van der Waals surface area contributed by atoms with Gasteiger partial charge in [-0.3, -0.25) is 9.78 Å². The fourth-order valence-electron chi connectivity index (χ4n) is 2.37. The second kappa shape index (κ2) is 6.90. The third-order valence-electron chi connectivity index (χ3n) is 3.46. The van der Waals surface area contributed by atoms with Crippen LogP contribution in [0.3, 0.4) is 0 Å². The van der Waals surface area contributed by atoms with E-state index < -0.39 is 5.76 Å². The molecule has 0 aliphatic heterocycles. The molecule has 8 heteroatoms. The molecule has 0 spiro atoms. The highest BCUT2D eigenvalue weighted by Gasteiger charge is 2.16. The van der Waals surface area contributed by atoms with Crippen LogP contribution in [0.2, 0.25) is 5.02 Å². The summed E-state index contributed by atoms with van der Waals surface area (Å²) in [6.45, 7) is 2.25. The summed E-state index contributed by atoms with van der Waals surface area (Å²) in [5.74, 6) is -0.176. The number of hydrogen-bond acceptors (Lipinski definition) is 5. The molecule has 0 bridgehead atoms. The zero-order chi connectivity index (χ0) is 18.0. The van der Waals surface area contributed by atoms with E-state index in [-0.39, 0.29) is 10.9 Å². The van der Waals surface area contributed by atoms with Gasteiger partial charge in [0.05, 0.1) is 24.3 Å². The van der Waals surface area contributed by atoms with Crippen molar-refractivity contribution in [3.05, 3.63) is 51.5 Å². The number of oxazole rings is 1. The summed E-state index contributed by atoms with van der Waals surface area (Å²) < 4.78 is 15.6. The number of fused-ring (bicyclic) bond motifs is 1. The van der Waals surface area contributed by atoms with Gasteiger partial charge in [-0.2, -0.15) is 0 Å². The average molecular weight is 363 g/mol. The van der Waals surface area contributed by atoms with Crippen LogP contribution >= 0.6 is 11.6 Å². The van der Waals surface area contributed by atoms with Crippen LogP contribution in [0.25, 0.3) is 11.1 Å². The molecule has 0 saturated heterocycles. The lowest BCUT2D eigenvalue weighted by molar-refractivity contribution is 0.102. The zero-order valence-corrected chi connectivity index (χ0v) is 14.3. The highest BCUT2D eigenvalue weighted by molar-refractivity contribution is 6.32. The molecule has 2 aromatic carbocycles. The first-order valence-electron chi connectivity index (χ1n) is 7.46. The molecule has 3 aromatic rings. The number of halogens is 1. The minimum atomic E-state index is -0.554. The number of amides is 1. The predicted molar refractivity (Wildman–Crippen MR) is 94.0 cm³/mol. The van der Waals surface area contributed by atoms with Crippen LogP contribution in [0, 0.1) is 0 Å². The van der Waals surface area contributed by atoms with E-state index in [1.807, 2.05) is 6.92 Å². The fraction of sp³-hybridized carbons (Fsp3) is 0.176. The summed E-state index contributed by atoms with van der Waals surface area (Å²) >= 11 is 6.18. The van der Waals surface area contributed by atoms with Crippen LogP contribution in [0.1, 0.15) is 17.3 Å². The van der Waals surface area contributed by atoms with Gasteiger partial charge in [-0.1, -0.05) is 11.6 Å². The molecule has 7 nitrogen and oxygen atoms in total. The summed E-state index contributed by atoms with van der Waals surface area (Å²) in [4.78, 5) is 26.2. The van der Waals surface area contributed by atoms with Gasteiger partial charge >= 0.3 is 5.76 Å². The van der Waals surface area contributed by atoms with Crippen molar-refractivity contribution in [2.75, 3.05) is 19.0 Å². The Kier molecular flexibility index (Phi) is 4.67. The molecule has 0 aliphatic rings. The minimum Gasteiger partial charge on any atom is -0.493 e. The van der Waals surface area contributed by atoms with Gasteiger partial charge in [-0.25, -0.2) is 4.79 Å². The molecular formula is C17H15ClN2O5. The molecule has 0 saturated carbocycles. The van der Waals surface area contributed by atoms with Gasteiger partial charge in [-0.05, 0) is 37.3 Å². The van der Waals surface area contributed by atoms with Crippen LogP contribution in [0.15, 0.2) is 39.5 Å². The Morgan fingerprint density at radius 3 is 2.84 bits per heavy atom. The second-order valence-corrected chi connectivity index (χ2v) is 5.51. The Balaban J connectivity index is 1.89. The number of hydrogen-bond donors (Lipinski definition) is 2. The summed E-state index contributed by atoms with van der Waals surface area (Å²) in [5, 5.41) is 3.01. The number of benzene rings is 2. The molecule has 2 N–H and O–H groups in total. The maximum atomic E-state index is 12.5. The molecule has 0 atom stereocenters. The summed E-state index contributed by atoms with van der Waals surface area (Å²) in [5.41, 5.74) is 1.71. The van der Waals surface area contributed by atoms with E-state index in [0.717, 1.165) is 0 Å². The van der Waals surface area contributed by atoms with Crippen molar-refractivity contribution in [2.24, 2.45) is 0 Å². The highest BCUT2D eigenvalue weighted by Crippen LogP contribution is 2.36. The maximum absolute atomic E-state index is 12.5. The van der Waals surface area contributed by atoms with Crippen molar-refractivity contribution in [1.82, 2.24) is 4.98 Å². The van der Waals surface area contributed by atoms with Crippen molar-refractivity contribution in [3.63, 3.8) is 0 Å². The highest BCUT2D eigenvalue weighted by atomic mass is 35.5. The van der Waals surface area contributed by atoms with Gasteiger partial charge in [0.1, 0.15) is 0 Å². The van der Waals surface area contributed by atoms with Crippen molar-refractivity contribution < 1.29 is 18.7 Å². The van der Waals surface area contributed by atoms with Crippen molar-refractivity contribution in [2.45, 2.75) is 6.92 Å². The van der Waals surface area contributed by atoms with Gasteiger partial charge in [-0.15, -0.1) is 0 Å². The fourth-order valence-corrected chi connectivity index (χ4v) is 2.63. The molecule has 0 fully saturated rings. The van der Waals surface area contributed by atoms with Crippen LogP contribution in [-0.4, -0.2) is 24.6 Å². The number of carbonyl (C=O) groups is 1. The van der Waals surface area contributed by atoms with Crippen molar-refractivity contribution in [3.8, 4) is 11.5 Å². The first-order valence-corrected chi connectivity index (χ1v) is 7.84. The molecule has 0 radical (unpaired) electrons. The van der Waals surface area contributed by atoms with Crippen LogP contribution in [0.4, 0.5) is 5.69 Å². The number of methoxy groups -OCH3 is 1. The third-order valence-corrected chi connectivity index (χ3v) is 3.74. The lowest BCUT2D eigenvalue weighted by Gasteiger charge is -2.13. The summed E-state index contributed by atoms with van der Waals surface area (Å²) in [6, 6.07) is 7.87. The summed E-state index contributed by atoms with van der Waals surface area (Å²) in [7, 11) is 1.47. The first-order chi connectivity index (χ1) is 12.0. The SMILES string of the molecule is CCOc1c(Cl)cc(C(=O)Nc2ccc3oc(=O)[nH]c3c2)cc1OC. The molecule has 0 unspecified atom stereocenters. The Morgan fingerprint density at radius 1 is 1.32 bits per heavy atom. The largest absolute Gasteiger partial charge is 0.493 e. The van der Waals surface area contributed by atoms with Gasteiger partial charge in [0, 0.05) is 11.3 Å². The minimum absolute atomic E-state index is 0.279. The average Bonchev–Trinajstić information content (AvgIpc) is 2.95. The molecule has 130 valence electrons. The number of aromatic amines is 1. The van der Waals surface area contributed by atoms with Crippen molar-refractivity contribution >= 4 is 34.3 Å². The Hall–Kier alpha value is -2.93. The number of anilines is 1. The molecular weight excluding hydrogens is 348 g/mol. The van der Waals surface area contributed by atoms with E-state index in [9.17, 15) is 9.59 Å². The molecule has 1 aromatic heterocycles. The second-order valence-electron chi connectivity index (χ2n) is 5.10. The number of ether oxygens (including phenoxy) is 2. The number of nitrogens with one attached hydrogen (secondary N) is 2. The van der Waals surface area contributed by atoms with Gasteiger partial charge in [0.25, 0.3) is 5.91 Å². The molecule has 25 heavy (non-hydrogen) atoms. The van der Waals surface area contributed by atoms with Gasteiger partial charge in [0.2, 0.25) is 0 Å². The quantitative estimate of drug-likeness (QED) is 0.725. The number of rotatable bonds is 5. The summed E-state index contributed by atoms with van der Waals surface area (Å²) in [6.07, 6.45) is 0. The first kappa shape index (κ1) is 16.9. The van der Waals surface area contributed by atoms with E-state index in [4.69, 9.17) is 25.5 Å². The van der Waals surface area contributed by atoms with Crippen molar-refractivity contribution in [1.29, 1.82) is 0 Å². The van der Waals surface area contributed by atoms with Crippen LogP contribution < -0.4 is 20.5 Å². The van der Waals surface area contributed by atoms with E-state index in [0.29, 0.717) is 40.5 Å². The Morgan fingerprint density at radius 2 is 2.12 bits per heavy atom. The lowest BCUT2D eigenvalue weighted by atomic mass is 10.1. The predicted octanol–water partition coefficient (Wildman–Crippen LogP) is 3.43. The maximum Gasteiger partial charge on any atom is 0.417 e. The van der Waals surface area contributed by atoms with Crippen LogP contribution in [0.5, 0.6) is 11.5 Å². The van der Waals surface area contributed by atoms with Gasteiger partial charge < -0.3 is 19.2 Å². The number of carbonyl (C=O) groups excluding carboxylic acids is 1. The Bertz CT molecular complexity index is 992. The molecule has 3 rings (SSSR count). The Labute approximate surface area is 147 Å². The van der Waals surface area contributed by atoms with Crippen LogP contribution in [-0.2, 0) is 0 Å². The monoisotopic (exact) mass is 362 g/mol. The standard InChI is InChI=1S/C17H15ClN2O5/c1-3-24-15-11(18)6-9(7-14(15)23-2)16(21)19-10-4-5-13-12(8-10)20-17(22)25-13/h4-8H,3H2,1-2H3,(H,19,21)(H,20,22). The van der Waals surface area contributed by atoms with E-state index in [1.165, 1.54) is 13.2 Å². The van der Waals surface area contributed by atoms with E-state index in [1.54, 1.807) is 24.3 Å². The van der Waals surface area contributed by atoms with E-state index in [2.05, 4.69) is 10.3 Å². The molecule has 0 aliphatic carbocycles. The third kappa shape index (κ3) is 3.46. The topological polar surface area (TPSA) is 93.6 Å². The van der Waals surface area contributed by atoms with Gasteiger partial charge in [0.15, 0.2) is 17.1 Å². The normalized spacial score (nSPS) is 10.7. The smallest absolute Gasteiger partial charge is 0.417 e. The molecule has 1 amide bonds. The number of H-pyrrole nitrogens is 1. The number of aromatic nitrogens is 1. The zero-order valence-electron chi connectivity index (χ0n) is 13.5. The molecule has 1 heterocycles. The van der Waals surface area contributed by atoms with E-state index >= 15 is 0 Å². The lowest BCUT2D eigenvalue weighted by Crippen LogP contribution is -2.12.